The zero-order chi connectivity index (χ0) is 12.8. The van der Waals surface area contributed by atoms with Gasteiger partial charge in [-0.15, -0.1) is 17.1 Å². The summed E-state index contributed by atoms with van der Waals surface area (Å²) in [6, 6.07) is 0. The topological polar surface area (TPSA) is 20.2 Å². The van der Waals surface area contributed by atoms with Crippen molar-refractivity contribution >= 4 is 35.6 Å². The number of halogens is 2. The number of aliphatic hydroxyl groups is 1. The Hall–Kier alpha value is 0.247. The lowest BCUT2D eigenvalue weighted by molar-refractivity contribution is 0.218. The van der Waals surface area contributed by atoms with E-state index in [1.807, 2.05) is 0 Å². The van der Waals surface area contributed by atoms with Crippen LogP contribution < -0.4 is 0 Å². The van der Waals surface area contributed by atoms with Crippen molar-refractivity contribution < 1.29 is 5.11 Å². The van der Waals surface area contributed by atoms with Gasteiger partial charge in [0.1, 0.15) is 14.2 Å². The lowest BCUT2D eigenvalue weighted by atomic mass is 10.1. The molecule has 92 valence electrons. The van der Waals surface area contributed by atoms with E-state index in [0.717, 1.165) is 17.3 Å². The van der Waals surface area contributed by atoms with Crippen LogP contribution in [-0.2, 0) is 0 Å². The van der Waals surface area contributed by atoms with E-state index < -0.39 is 14.2 Å². The van der Waals surface area contributed by atoms with Gasteiger partial charge in [-0.3, -0.25) is 0 Å². The molecule has 0 radical (unpaired) electrons. The Balaban J connectivity index is 3.93. The molecule has 1 unspecified atom stereocenters. The van der Waals surface area contributed by atoms with E-state index in [0.29, 0.717) is 6.42 Å². The first-order valence-electron chi connectivity index (χ1n) is 5.39. The average molecular weight is 324 g/mol. The lowest BCUT2D eigenvalue weighted by Gasteiger charge is -2.10. The van der Waals surface area contributed by atoms with Crippen LogP contribution in [0, 0.1) is 11.5 Å². The maximum atomic E-state index is 9.65. The summed E-state index contributed by atoms with van der Waals surface area (Å²) in [6.07, 6.45) is 1.58. The summed E-state index contributed by atoms with van der Waals surface area (Å²) in [5.41, 5.74) is 3.16. The van der Waals surface area contributed by atoms with E-state index in [-0.39, 0.29) is 5.38 Å². The fraction of sp³-hybridized carbons (Fsp3) is 0.667. The third-order valence-electron chi connectivity index (χ3n) is 1.81. The van der Waals surface area contributed by atoms with Crippen molar-refractivity contribution in [2.24, 2.45) is 0 Å². The molecule has 2 atom stereocenters. The molecule has 0 aromatic rings. The number of rotatable bonds is 5. The summed E-state index contributed by atoms with van der Waals surface area (Å²) in [4.78, 5) is 0. The molecule has 0 spiro atoms. The van der Waals surface area contributed by atoms with Crippen molar-refractivity contribution in [3.05, 3.63) is 11.1 Å². The van der Waals surface area contributed by atoms with Crippen molar-refractivity contribution in [1.29, 1.82) is 0 Å². The highest BCUT2D eigenvalue weighted by Crippen LogP contribution is 2.19. The second kappa shape index (κ2) is 7.55. The van der Waals surface area contributed by atoms with E-state index in [1.165, 1.54) is 0 Å². The Bertz CT molecular complexity index is 288. The summed E-state index contributed by atoms with van der Waals surface area (Å²) in [5.74, 6) is 2.91. The van der Waals surface area contributed by atoms with E-state index in [4.69, 9.17) is 11.6 Å². The summed E-state index contributed by atoms with van der Waals surface area (Å²) >= 11 is 9.34. The highest BCUT2D eigenvalue weighted by Gasteiger charge is 2.11. The molecular formula is C12H20BrClOSi. The van der Waals surface area contributed by atoms with Crippen LogP contribution >= 0.6 is 27.5 Å². The number of hydrogen-bond donors (Lipinski definition) is 1. The van der Waals surface area contributed by atoms with Gasteiger partial charge < -0.3 is 5.11 Å². The molecule has 0 amide bonds. The van der Waals surface area contributed by atoms with Crippen LogP contribution in [-0.4, -0.2) is 24.7 Å². The molecule has 0 aliphatic rings. The Morgan fingerprint density at radius 3 is 2.44 bits per heavy atom. The van der Waals surface area contributed by atoms with Crippen LogP contribution in [0.2, 0.25) is 19.6 Å². The fourth-order valence-electron chi connectivity index (χ4n) is 1.05. The Morgan fingerprint density at radius 2 is 2.00 bits per heavy atom. The van der Waals surface area contributed by atoms with Gasteiger partial charge in [-0.25, -0.2) is 0 Å². The van der Waals surface area contributed by atoms with Crippen LogP contribution in [0.1, 0.15) is 19.3 Å². The van der Waals surface area contributed by atoms with Crippen LogP contribution in [0.25, 0.3) is 0 Å². The first-order valence-corrected chi connectivity index (χ1v) is 10.1. The molecule has 0 bridgehead atoms. The number of aliphatic hydroxyl groups excluding tert-OH is 1. The second-order valence-electron chi connectivity index (χ2n) is 4.93. The van der Waals surface area contributed by atoms with Gasteiger partial charge in [0.2, 0.25) is 0 Å². The smallest absolute Gasteiger partial charge is 0.129 e. The van der Waals surface area contributed by atoms with Crippen LogP contribution in [0.15, 0.2) is 11.1 Å². The normalized spacial score (nSPS) is 14.9. The third-order valence-corrected chi connectivity index (χ3v) is 3.40. The SMILES string of the molecule is C=C(Br)C[C@H](Cl)CCC(O)C#C[Si](C)(C)C. The van der Waals surface area contributed by atoms with Crippen molar-refractivity contribution in [2.45, 2.75) is 50.4 Å². The molecule has 0 saturated heterocycles. The van der Waals surface area contributed by atoms with E-state index in [9.17, 15) is 5.11 Å². The molecule has 0 rings (SSSR count). The second-order valence-corrected chi connectivity index (χ2v) is 11.4. The summed E-state index contributed by atoms with van der Waals surface area (Å²) in [6.45, 7) is 10.2. The molecule has 0 aliphatic heterocycles. The molecular weight excluding hydrogens is 304 g/mol. The third kappa shape index (κ3) is 10.8. The monoisotopic (exact) mass is 322 g/mol. The van der Waals surface area contributed by atoms with E-state index in [1.54, 1.807) is 0 Å². The van der Waals surface area contributed by atoms with Gasteiger partial charge in [-0.1, -0.05) is 48.1 Å². The summed E-state index contributed by atoms with van der Waals surface area (Å²) < 4.78 is 0.898. The largest absolute Gasteiger partial charge is 0.380 e. The number of allylic oxidation sites excluding steroid dienone is 1. The Labute approximate surface area is 113 Å². The van der Waals surface area contributed by atoms with Crippen LogP contribution in [0.5, 0.6) is 0 Å². The van der Waals surface area contributed by atoms with Gasteiger partial charge in [0, 0.05) is 5.38 Å². The molecule has 0 aromatic heterocycles. The molecule has 1 nitrogen and oxygen atoms in total. The van der Waals surface area contributed by atoms with Gasteiger partial charge in [0.05, 0.1) is 0 Å². The molecule has 0 saturated carbocycles. The highest BCUT2D eigenvalue weighted by atomic mass is 79.9. The molecule has 0 aromatic carbocycles. The van der Waals surface area contributed by atoms with E-state index in [2.05, 4.69) is 53.6 Å². The molecule has 0 fully saturated rings. The van der Waals surface area contributed by atoms with Gasteiger partial charge >= 0.3 is 0 Å². The number of alkyl halides is 1. The standard InChI is InChI=1S/C12H20BrClOSi/c1-10(13)9-11(14)5-6-12(15)7-8-16(2,3)4/h11-12,15H,1,5-6,9H2,2-4H3/t11-,12?/m1/s1. The maximum Gasteiger partial charge on any atom is 0.129 e. The predicted molar refractivity (Wildman–Crippen MR) is 78.7 cm³/mol. The highest BCUT2D eigenvalue weighted by molar-refractivity contribution is 9.11. The molecule has 4 heteroatoms. The Morgan fingerprint density at radius 1 is 1.44 bits per heavy atom. The minimum Gasteiger partial charge on any atom is -0.380 e. The minimum atomic E-state index is -1.38. The van der Waals surface area contributed by atoms with E-state index >= 15 is 0 Å². The quantitative estimate of drug-likeness (QED) is 0.462. The molecule has 0 aliphatic carbocycles. The molecule has 0 heterocycles. The van der Waals surface area contributed by atoms with Crippen molar-refractivity contribution in [3.8, 4) is 11.5 Å². The minimum absolute atomic E-state index is 0.0233. The van der Waals surface area contributed by atoms with Crippen molar-refractivity contribution in [3.63, 3.8) is 0 Å². The Kier molecular flexibility index (Phi) is 7.67. The number of hydrogen-bond acceptors (Lipinski definition) is 1. The summed E-state index contributed by atoms with van der Waals surface area (Å²) in [5, 5.41) is 9.67. The lowest BCUT2D eigenvalue weighted by Crippen LogP contribution is -2.18. The first-order chi connectivity index (χ1) is 7.20. The summed E-state index contributed by atoms with van der Waals surface area (Å²) in [7, 11) is -1.38. The van der Waals surface area contributed by atoms with Crippen molar-refractivity contribution in [2.75, 3.05) is 0 Å². The first kappa shape index (κ1) is 16.2. The van der Waals surface area contributed by atoms with Gasteiger partial charge in [-0.2, -0.15) is 0 Å². The van der Waals surface area contributed by atoms with Gasteiger partial charge in [0.15, 0.2) is 0 Å². The average Bonchev–Trinajstić information content (AvgIpc) is 2.09. The van der Waals surface area contributed by atoms with Crippen molar-refractivity contribution in [1.82, 2.24) is 0 Å². The fourth-order valence-corrected chi connectivity index (χ4v) is 2.54. The maximum absolute atomic E-state index is 9.65. The molecule has 1 N–H and O–H groups in total. The predicted octanol–water partition coefficient (Wildman–Crippen LogP) is 3.91. The zero-order valence-corrected chi connectivity index (χ0v) is 13.5. The van der Waals surface area contributed by atoms with Crippen LogP contribution in [0.4, 0.5) is 0 Å². The zero-order valence-electron chi connectivity index (χ0n) is 10.2. The van der Waals surface area contributed by atoms with Gasteiger partial charge in [-0.05, 0) is 23.7 Å². The molecule has 16 heavy (non-hydrogen) atoms. The van der Waals surface area contributed by atoms with Crippen LogP contribution in [0.3, 0.4) is 0 Å². The van der Waals surface area contributed by atoms with Gasteiger partial charge in [0.25, 0.3) is 0 Å².